The molecule has 1 fully saturated rings. The summed E-state index contributed by atoms with van der Waals surface area (Å²) in [6.07, 6.45) is 4.02. The molecule has 1 N–H and O–H groups in total. The Kier molecular flexibility index (Phi) is 5.33. The second-order valence-corrected chi connectivity index (χ2v) is 8.22. The summed E-state index contributed by atoms with van der Waals surface area (Å²) in [6, 6.07) is 5.75. The van der Waals surface area contributed by atoms with Gasteiger partial charge in [0.2, 0.25) is 10.0 Å². The van der Waals surface area contributed by atoms with Gasteiger partial charge in [-0.3, -0.25) is 0 Å². The molecule has 0 unspecified atom stereocenters. The molecule has 3 heterocycles. The number of nitrogens with one attached hydrogen (secondary N) is 1. The molecule has 0 saturated carbocycles. The normalized spacial score (nSPS) is 16.3. The summed E-state index contributed by atoms with van der Waals surface area (Å²) in [5, 5.41) is 12.8. The average Bonchev–Trinajstić information content (AvgIpc) is 3.02. The quantitative estimate of drug-likeness (QED) is 0.830. The van der Waals surface area contributed by atoms with E-state index in [1.165, 1.54) is 0 Å². The molecule has 25 heavy (non-hydrogen) atoms. The second-order valence-electron chi connectivity index (χ2n) is 6.35. The lowest BCUT2D eigenvalue weighted by Crippen LogP contribution is -2.45. The summed E-state index contributed by atoms with van der Waals surface area (Å²) in [5.74, 6) is 1.68. The molecule has 0 amide bonds. The van der Waals surface area contributed by atoms with Gasteiger partial charge in [0, 0.05) is 25.3 Å². The maximum Gasteiger partial charge on any atom is 0.211 e. The minimum Gasteiger partial charge on any atom is -0.355 e. The zero-order chi connectivity index (χ0) is 17.9. The van der Waals surface area contributed by atoms with Crippen LogP contribution in [0.15, 0.2) is 24.4 Å². The lowest BCUT2D eigenvalue weighted by atomic mass is 10.1. The zero-order valence-corrected chi connectivity index (χ0v) is 15.4. The van der Waals surface area contributed by atoms with E-state index < -0.39 is 10.0 Å². The van der Waals surface area contributed by atoms with Gasteiger partial charge >= 0.3 is 0 Å². The van der Waals surface area contributed by atoms with Gasteiger partial charge in [-0.1, -0.05) is 6.92 Å². The molecule has 2 aromatic rings. The van der Waals surface area contributed by atoms with E-state index in [-0.39, 0.29) is 11.8 Å². The summed E-state index contributed by atoms with van der Waals surface area (Å²) in [4.78, 5) is 2.13. The van der Waals surface area contributed by atoms with E-state index >= 15 is 0 Å². The highest BCUT2D eigenvalue weighted by Gasteiger charge is 2.24. The van der Waals surface area contributed by atoms with Crippen molar-refractivity contribution in [3.05, 3.63) is 30.1 Å². The highest BCUT2D eigenvalue weighted by molar-refractivity contribution is 7.89. The van der Waals surface area contributed by atoms with Crippen molar-refractivity contribution in [2.45, 2.75) is 39.2 Å². The van der Waals surface area contributed by atoms with Crippen LogP contribution >= 0.6 is 0 Å². The molecule has 0 aliphatic carbocycles. The van der Waals surface area contributed by atoms with E-state index in [0.29, 0.717) is 12.2 Å². The van der Waals surface area contributed by atoms with Gasteiger partial charge in [0.1, 0.15) is 0 Å². The van der Waals surface area contributed by atoms with E-state index in [1.807, 2.05) is 38.2 Å². The van der Waals surface area contributed by atoms with Crippen LogP contribution in [0.1, 0.15) is 31.9 Å². The molecule has 1 aliphatic heterocycles. The van der Waals surface area contributed by atoms with E-state index in [2.05, 4.69) is 24.9 Å². The van der Waals surface area contributed by atoms with Crippen molar-refractivity contribution in [3.63, 3.8) is 0 Å². The molecular formula is C16H24N6O2S. The van der Waals surface area contributed by atoms with Gasteiger partial charge in [0.15, 0.2) is 11.6 Å². The van der Waals surface area contributed by atoms with Crippen molar-refractivity contribution in [1.29, 1.82) is 0 Å². The van der Waals surface area contributed by atoms with Gasteiger partial charge in [0.25, 0.3) is 0 Å². The van der Waals surface area contributed by atoms with Crippen LogP contribution in [0, 0.1) is 6.92 Å². The van der Waals surface area contributed by atoms with Crippen molar-refractivity contribution in [2.24, 2.45) is 0 Å². The van der Waals surface area contributed by atoms with Gasteiger partial charge in [-0.25, -0.2) is 17.8 Å². The fourth-order valence-electron chi connectivity index (χ4n) is 2.96. The Morgan fingerprint density at radius 1 is 1.16 bits per heavy atom. The molecule has 0 aromatic carbocycles. The molecule has 0 atom stereocenters. The number of aromatic nitrogens is 4. The maximum atomic E-state index is 11.9. The Morgan fingerprint density at radius 3 is 2.40 bits per heavy atom. The predicted octanol–water partition coefficient (Wildman–Crippen LogP) is 1.27. The molecule has 1 saturated heterocycles. The topological polar surface area (TPSA) is 93.0 Å². The Labute approximate surface area is 148 Å². The molecule has 136 valence electrons. The van der Waals surface area contributed by atoms with Gasteiger partial charge in [-0.2, -0.15) is 5.10 Å². The van der Waals surface area contributed by atoms with Crippen molar-refractivity contribution >= 4 is 15.8 Å². The smallest absolute Gasteiger partial charge is 0.211 e. The Hall–Kier alpha value is -2.00. The third-order valence-electron chi connectivity index (χ3n) is 4.23. The van der Waals surface area contributed by atoms with Crippen molar-refractivity contribution in [2.75, 3.05) is 23.7 Å². The van der Waals surface area contributed by atoms with Crippen LogP contribution in [0.2, 0.25) is 0 Å². The van der Waals surface area contributed by atoms with Crippen molar-refractivity contribution in [1.82, 2.24) is 24.7 Å². The molecule has 8 nitrogen and oxygen atoms in total. The summed E-state index contributed by atoms with van der Waals surface area (Å²) in [5.41, 5.74) is 0.929. The minimum atomic E-state index is -3.15. The number of hydrogen-bond donors (Lipinski definition) is 1. The standard InChI is InChI=1S/C16H24N6O2S/c1-3-12-25(23,24)20-14-7-9-21(10-8-14)15-4-5-16(18-17-15)22-11-6-13(2)19-22/h4-6,11,14,20H,3,7-10,12H2,1-2H3. The highest BCUT2D eigenvalue weighted by atomic mass is 32.2. The van der Waals surface area contributed by atoms with Crippen LogP contribution in [-0.4, -0.2) is 53.3 Å². The SMILES string of the molecule is CCCS(=O)(=O)NC1CCN(c2ccc(-n3ccc(C)n3)nn2)CC1. The fraction of sp³-hybridized carbons (Fsp3) is 0.562. The lowest BCUT2D eigenvalue weighted by Gasteiger charge is -2.32. The van der Waals surface area contributed by atoms with Crippen LogP contribution < -0.4 is 9.62 Å². The summed E-state index contributed by atoms with van der Waals surface area (Å²) < 4.78 is 28.2. The van der Waals surface area contributed by atoms with Crippen LogP contribution in [-0.2, 0) is 10.0 Å². The monoisotopic (exact) mass is 364 g/mol. The minimum absolute atomic E-state index is 0.00656. The van der Waals surface area contributed by atoms with Gasteiger partial charge in [-0.15, -0.1) is 10.2 Å². The molecule has 0 bridgehead atoms. The molecule has 0 spiro atoms. The summed E-state index contributed by atoms with van der Waals surface area (Å²) >= 11 is 0. The van der Waals surface area contributed by atoms with E-state index in [0.717, 1.165) is 37.4 Å². The first-order chi connectivity index (χ1) is 12.0. The molecule has 3 rings (SSSR count). The van der Waals surface area contributed by atoms with E-state index in [9.17, 15) is 8.42 Å². The number of anilines is 1. The van der Waals surface area contributed by atoms with E-state index in [1.54, 1.807) is 4.68 Å². The van der Waals surface area contributed by atoms with Crippen LogP contribution in [0.25, 0.3) is 5.82 Å². The molecule has 2 aromatic heterocycles. The Morgan fingerprint density at radius 2 is 1.84 bits per heavy atom. The van der Waals surface area contributed by atoms with Crippen LogP contribution in [0.3, 0.4) is 0 Å². The Bertz CT molecular complexity index is 794. The zero-order valence-electron chi connectivity index (χ0n) is 14.6. The lowest BCUT2D eigenvalue weighted by molar-refractivity contribution is 0.457. The number of nitrogens with zero attached hydrogens (tertiary/aromatic N) is 5. The van der Waals surface area contributed by atoms with Crippen LogP contribution in [0.4, 0.5) is 5.82 Å². The first-order valence-corrected chi connectivity index (χ1v) is 10.2. The maximum absolute atomic E-state index is 11.9. The van der Waals surface area contributed by atoms with Crippen molar-refractivity contribution < 1.29 is 8.42 Å². The highest BCUT2D eigenvalue weighted by Crippen LogP contribution is 2.18. The van der Waals surface area contributed by atoms with Crippen molar-refractivity contribution in [3.8, 4) is 5.82 Å². The summed E-state index contributed by atoms with van der Waals surface area (Å²) in [6.45, 7) is 5.31. The first-order valence-electron chi connectivity index (χ1n) is 8.58. The average molecular weight is 364 g/mol. The predicted molar refractivity (Wildman–Crippen MR) is 96.3 cm³/mol. The summed E-state index contributed by atoms with van der Waals surface area (Å²) in [7, 11) is -3.15. The van der Waals surface area contributed by atoms with E-state index in [4.69, 9.17) is 0 Å². The van der Waals surface area contributed by atoms with Gasteiger partial charge < -0.3 is 4.90 Å². The third-order valence-corrected chi connectivity index (χ3v) is 5.87. The number of hydrogen-bond acceptors (Lipinski definition) is 6. The Balaban J connectivity index is 1.58. The molecule has 0 radical (unpaired) electrons. The first kappa shape index (κ1) is 17.8. The molecular weight excluding hydrogens is 340 g/mol. The van der Waals surface area contributed by atoms with Gasteiger partial charge in [0.05, 0.1) is 11.4 Å². The molecule has 1 aliphatic rings. The van der Waals surface area contributed by atoms with Crippen LogP contribution in [0.5, 0.6) is 0 Å². The second kappa shape index (κ2) is 7.49. The number of sulfonamides is 1. The number of piperidine rings is 1. The number of aryl methyl sites for hydroxylation is 1. The third kappa shape index (κ3) is 4.55. The fourth-order valence-corrected chi connectivity index (χ4v) is 4.36. The van der Waals surface area contributed by atoms with Gasteiger partial charge in [-0.05, 0) is 44.4 Å². The molecule has 9 heteroatoms. The largest absolute Gasteiger partial charge is 0.355 e. The number of rotatable bonds is 6.